The van der Waals surface area contributed by atoms with Gasteiger partial charge in [-0.1, -0.05) is 36.4 Å². The first-order valence-corrected chi connectivity index (χ1v) is 7.64. The van der Waals surface area contributed by atoms with Gasteiger partial charge in [-0.2, -0.15) is 0 Å². The maximum Gasteiger partial charge on any atom is 0.255 e. The van der Waals surface area contributed by atoms with Crippen molar-refractivity contribution in [1.82, 2.24) is 4.90 Å². The first-order valence-electron chi connectivity index (χ1n) is 7.64. The molecule has 106 valence electrons. The van der Waals surface area contributed by atoms with E-state index in [4.69, 9.17) is 0 Å². The molecule has 1 fully saturated rings. The van der Waals surface area contributed by atoms with Gasteiger partial charge in [0, 0.05) is 12.1 Å². The van der Waals surface area contributed by atoms with Crippen LogP contribution in [0.25, 0.3) is 0 Å². The van der Waals surface area contributed by atoms with Crippen molar-refractivity contribution >= 4 is 5.91 Å². The summed E-state index contributed by atoms with van der Waals surface area (Å²) in [7, 11) is 0. The van der Waals surface area contributed by atoms with Crippen molar-refractivity contribution in [3.8, 4) is 0 Å². The quantitative estimate of drug-likeness (QED) is 0.776. The Bertz CT molecular complexity index is 749. The number of carbonyl (C=O) groups excluding carboxylic acids is 1. The summed E-state index contributed by atoms with van der Waals surface area (Å²) in [5.74, 6) is 0.198. The minimum absolute atomic E-state index is 0.198. The molecular weight excluding hydrogens is 258 g/mol. The zero-order valence-corrected chi connectivity index (χ0v) is 12.5. The Balaban J connectivity index is 2.05. The molecule has 2 aromatic rings. The van der Waals surface area contributed by atoms with Crippen LogP contribution in [0.3, 0.4) is 0 Å². The van der Waals surface area contributed by atoms with E-state index in [0.717, 1.165) is 24.9 Å². The summed E-state index contributed by atoms with van der Waals surface area (Å²) in [5.41, 5.74) is 5.76. The second-order valence-electron chi connectivity index (χ2n) is 6.21. The van der Waals surface area contributed by atoms with Crippen LogP contribution in [0.1, 0.15) is 45.5 Å². The molecule has 0 aliphatic carbocycles. The first-order chi connectivity index (χ1) is 10.2. The number of rotatable bonds is 1. The number of carbonyl (C=O) groups is 1. The highest BCUT2D eigenvalue weighted by atomic mass is 16.2. The minimum Gasteiger partial charge on any atom is -0.325 e. The number of aryl methyl sites for hydroxylation is 1. The molecule has 0 N–H and O–H groups in total. The molecule has 21 heavy (non-hydrogen) atoms. The number of amides is 1. The summed E-state index contributed by atoms with van der Waals surface area (Å²) >= 11 is 0. The first kappa shape index (κ1) is 12.6. The summed E-state index contributed by atoms with van der Waals surface area (Å²) in [6.07, 6.45) is 2.10. The summed E-state index contributed by atoms with van der Waals surface area (Å²) in [4.78, 5) is 14.9. The lowest BCUT2D eigenvalue weighted by Crippen LogP contribution is -2.40. The van der Waals surface area contributed by atoms with Gasteiger partial charge in [0.25, 0.3) is 5.91 Å². The van der Waals surface area contributed by atoms with Crippen LogP contribution >= 0.6 is 0 Å². The fraction of sp³-hybridized carbons (Fsp3) is 0.316. The van der Waals surface area contributed by atoms with Crippen LogP contribution in [-0.4, -0.2) is 17.4 Å². The van der Waals surface area contributed by atoms with E-state index in [1.165, 1.54) is 22.3 Å². The average Bonchev–Trinajstić information content (AvgIpc) is 3.03. The molecule has 1 atom stereocenters. The Kier molecular flexibility index (Phi) is 2.53. The van der Waals surface area contributed by atoms with E-state index in [0.29, 0.717) is 0 Å². The Morgan fingerprint density at radius 1 is 1.00 bits per heavy atom. The van der Waals surface area contributed by atoms with Crippen molar-refractivity contribution in [2.24, 2.45) is 0 Å². The van der Waals surface area contributed by atoms with Crippen molar-refractivity contribution in [1.29, 1.82) is 0 Å². The lowest BCUT2D eigenvalue weighted by atomic mass is 9.78. The monoisotopic (exact) mass is 277 g/mol. The van der Waals surface area contributed by atoms with E-state index in [9.17, 15) is 4.79 Å². The zero-order chi connectivity index (χ0) is 14.6. The van der Waals surface area contributed by atoms with Crippen LogP contribution in [-0.2, 0) is 5.54 Å². The van der Waals surface area contributed by atoms with Gasteiger partial charge in [0.2, 0.25) is 0 Å². The molecule has 2 aliphatic heterocycles. The Morgan fingerprint density at radius 2 is 1.76 bits per heavy atom. The molecular formula is C19H19NO. The molecule has 2 nitrogen and oxygen atoms in total. The summed E-state index contributed by atoms with van der Waals surface area (Å²) in [5, 5.41) is 0. The van der Waals surface area contributed by atoms with Crippen LogP contribution in [0, 0.1) is 13.8 Å². The number of hydrogen-bond acceptors (Lipinski definition) is 1. The molecule has 2 aromatic carbocycles. The van der Waals surface area contributed by atoms with Gasteiger partial charge >= 0.3 is 0 Å². The van der Waals surface area contributed by atoms with Gasteiger partial charge in [0.1, 0.15) is 0 Å². The average molecular weight is 277 g/mol. The summed E-state index contributed by atoms with van der Waals surface area (Å²) < 4.78 is 0. The highest BCUT2D eigenvalue weighted by Crippen LogP contribution is 2.51. The number of hydrogen-bond donors (Lipinski definition) is 0. The summed E-state index contributed by atoms with van der Waals surface area (Å²) in [6.45, 7) is 5.19. The van der Waals surface area contributed by atoms with Crippen molar-refractivity contribution in [2.45, 2.75) is 32.2 Å². The molecule has 0 aromatic heterocycles. The van der Waals surface area contributed by atoms with Crippen LogP contribution < -0.4 is 0 Å². The minimum atomic E-state index is -0.232. The van der Waals surface area contributed by atoms with E-state index >= 15 is 0 Å². The lowest BCUT2D eigenvalue weighted by molar-refractivity contribution is 0.0711. The van der Waals surface area contributed by atoms with Gasteiger partial charge in [-0.15, -0.1) is 0 Å². The molecule has 1 amide bonds. The second kappa shape index (κ2) is 4.20. The predicted octanol–water partition coefficient (Wildman–Crippen LogP) is 3.80. The van der Waals surface area contributed by atoms with E-state index < -0.39 is 0 Å². The maximum atomic E-state index is 12.8. The summed E-state index contributed by atoms with van der Waals surface area (Å²) in [6, 6.07) is 14.6. The van der Waals surface area contributed by atoms with Crippen molar-refractivity contribution in [3.63, 3.8) is 0 Å². The van der Waals surface area contributed by atoms with Gasteiger partial charge in [-0.3, -0.25) is 4.79 Å². The molecule has 0 spiro atoms. The van der Waals surface area contributed by atoms with Crippen molar-refractivity contribution in [2.75, 3.05) is 6.54 Å². The fourth-order valence-corrected chi connectivity index (χ4v) is 4.17. The highest BCUT2D eigenvalue weighted by Gasteiger charge is 2.53. The van der Waals surface area contributed by atoms with Gasteiger partial charge < -0.3 is 4.90 Å². The number of nitrogens with zero attached hydrogens (tertiary/aromatic N) is 1. The Labute approximate surface area is 125 Å². The third kappa shape index (κ3) is 1.45. The van der Waals surface area contributed by atoms with Crippen LogP contribution in [0.2, 0.25) is 0 Å². The molecule has 1 unspecified atom stereocenters. The fourth-order valence-electron chi connectivity index (χ4n) is 4.17. The van der Waals surface area contributed by atoms with Gasteiger partial charge in [-0.25, -0.2) is 0 Å². The topological polar surface area (TPSA) is 20.3 Å². The molecule has 1 saturated heterocycles. The highest BCUT2D eigenvalue weighted by molar-refractivity contribution is 6.01. The van der Waals surface area contributed by atoms with Crippen LogP contribution in [0.15, 0.2) is 42.5 Å². The largest absolute Gasteiger partial charge is 0.325 e. The SMILES string of the molecule is Cc1cccc(C23CCCN2C(=O)c2ccccc23)c1C. The van der Waals surface area contributed by atoms with E-state index in [1.54, 1.807) is 0 Å². The molecule has 0 bridgehead atoms. The van der Waals surface area contributed by atoms with Gasteiger partial charge in [-0.05, 0) is 55.0 Å². The second-order valence-corrected chi connectivity index (χ2v) is 6.21. The maximum absolute atomic E-state index is 12.8. The van der Waals surface area contributed by atoms with E-state index in [-0.39, 0.29) is 11.4 Å². The Hall–Kier alpha value is -2.09. The van der Waals surface area contributed by atoms with Crippen molar-refractivity contribution < 1.29 is 4.79 Å². The van der Waals surface area contributed by atoms with Crippen LogP contribution in [0.4, 0.5) is 0 Å². The lowest BCUT2D eigenvalue weighted by Gasteiger charge is -2.35. The number of benzene rings is 2. The van der Waals surface area contributed by atoms with Crippen molar-refractivity contribution in [3.05, 3.63) is 70.3 Å². The predicted molar refractivity (Wildman–Crippen MR) is 83.4 cm³/mol. The molecule has 0 radical (unpaired) electrons. The third-order valence-corrected chi connectivity index (χ3v) is 5.28. The number of fused-ring (bicyclic) bond motifs is 3. The third-order valence-electron chi connectivity index (χ3n) is 5.28. The van der Waals surface area contributed by atoms with Gasteiger partial charge in [0.05, 0.1) is 5.54 Å². The zero-order valence-electron chi connectivity index (χ0n) is 12.5. The molecule has 2 heterocycles. The Morgan fingerprint density at radius 3 is 2.62 bits per heavy atom. The van der Waals surface area contributed by atoms with Gasteiger partial charge in [0.15, 0.2) is 0 Å². The van der Waals surface area contributed by atoms with E-state index in [2.05, 4.69) is 49.1 Å². The molecule has 4 rings (SSSR count). The standard InChI is InChI=1S/C19H19NO/c1-13-7-5-10-16(14(13)2)19-11-6-12-20(19)18(21)15-8-3-4-9-17(15)19/h3-5,7-10H,6,11-12H2,1-2H3. The molecule has 2 heteroatoms. The molecule has 0 saturated carbocycles. The normalized spacial score (nSPS) is 23.3. The van der Waals surface area contributed by atoms with E-state index in [1.807, 2.05) is 12.1 Å². The van der Waals surface area contributed by atoms with Crippen LogP contribution in [0.5, 0.6) is 0 Å². The smallest absolute Gasteiger partial charge is 0.255 e. The molecule has 2 aliphatic rings.